The molecule has 4 aliphatic rings. The minimum atomic E-state index is -0.337. The van der Waals surface area contributed by atoms with Gasteiger partial charge >= 0.3 is 0 Å². The highest BCUT2D eigenvalue weighted by molar-refractivity contribution is 5.28. The summed E-state index contributed by atoms with van der Waals surface area (Å²) in [5.74, 6) is 3.32. The topological polar surface area (TPSA) is 20.2 Å². The highest BCUT2D eigenvalue weighted by atomic mass is 19.1. The molecule has 8 atom stereocenters. The van der Waals surface area contributed by atoms with E-state index in [2.05, 4.69) is 32.9 Å². The van der Waals surface area contributed by atoms with E-state index in [-0.39, 0.29) is 12.8 Å². The molecular weight excluding hydrogens is 323 g/mol. The Morgan fingerprint density at radius 1 is 1.15 bits per heavy atom. The normalized spacial score (nSPS) is 49.3. The Kier molecular flexibility index (Phi) is 4.87. The van der Waals surface area contributed by atoms with Crippen LogP contribution in [0.3, 0.4) is 0 Å². The molecule has 0 aromatic heterocycles. The molecule has 3 fully saturated rings. The molecule has 0 saturated heterocycles. The molecule has 2 heteroatoms. The molecule has 1 N–H and O–H groups in total. The second-order valence-corrected chi connectivity index (χ2v) is 10.3. The van der Waals surface area contributed by atoms with Crippen LogP contribution in [-0.4, -0.2) is 17.9 Å². The van der Waals surface area contributed by atoms with Crippen molar-refractivity contribution < 1.29 is 9.50 Å². The second-order valence-electron chi connectivity index (χ2n) is 10.3. The van der Waals surface area contributed by atoms with Crippen LogP contribution in [0.15, 0.2) is 23.8 Å². The maximum Gasteiger partial charge on any atom is 0.108 e. The monoisotopic (exact) mass is 360 g/mol. The molecule has 146 valence electrons. The van der Waals surface area contributed by atoms with Gasteiger partial charge in [0.25, 0.3) is 0 Å². The minimum Gasteiger partial charge on any atom is -0.393 e. The van der Waals surface area contributed by atoms with Crippen LogP contribution in [0.1, 0.15) is 72.1 Å². The van der Waals surface area contributed by atoms with Gasteiger partial charge in [-0.3, -0.25) is 0 Å². The Hall–Kier alpha value is -0.630. The number of aliphatic hydroxyl groups excluding tert-OH is 1. The molecular formula is C24H37FO. The van der Waals surface area contributed by atoms with Gasteiger partial charge in [0, 0.05) is 0 Å². The zero-order chi connectivity index (χ0) is 18.5. The fraction of sp³-hybridized carbons (Fsp3) is 0.833. The van der Waals surface area contributed by atoms with Crippen molar-refractivity contribution in [2.45, 2.75) is 78.2 Å². The summed E-state index contributed by atoms with van der Waals surface area (Å²) in [6.07, 6.45) is 16.0. The van der Waals surface area contributed by atoms with Crippen molar-refractivity contribution in [3.05, 3.63) is 23.8 Å². The van der Waals surface area contributed by atoms with Crippen molar-refractivity contribution in [1.29, 1.82) is 0 Å². The number of aliphatic hydroxyl groups is 1. The van der Waals surface area contributed by atoms with Gasteiger partial charge in [0.15, 0.2) is 0 Å². The Labute approximate surface area is 159 Å². The molecule has 0 aromatic carbocycles. The van der Waals surface area contributed by atoms with E-state index < -0.39 is 0 Å². The van der Waals surface area contributed by atoms with Crippen molar-refractivity contribution in [1.82, 2.24) is 0 Å². The first kappa shape index (κ1) is 18.7. The highest BCUT2D eigenvalue weighted by Gasteiger charge is 2.57. The van der Waals surface area contributed by atoms with Gasteiger partial charge in [0.2, 0.25) is 0 Å². The van der Waals surface area contributed by atoms with Gasteiger partial charge in [0.1, 0.15) is 6.67 Å². The molecule has 0 spiro atoms. The summed E-state index contributed by atoms with van der Waals surface area (Å²) in [5.41, 5.74) is 2.57. The molecule has 0 radical (unpaired) electrons. The molecule has 4 rings (SSSR count). The van der Waals surface area contributed by atoms with Crippen LogP contribution in [-0.2, 0) is 0 Å². The second kappa shape index (κ2) is 6.76. The molecule has 1 nitrogen and oxygen atoms in total. The molecule has 3 saturated carbocycles. The predicted molar refractivity (Wildman–Crippen MR) is 105 cm³/mol. The summed E-state index contributed by atoms with van der Waals surface area (Å²) < 4.78 is 12.6. The lowest BCUT2D eigenvalue weighted by Crippen LogP contribution is -2.49. The van der Waals surface area contributed by atoms with E-state index >= 15 is 0 Å². The smallest absolute Gasteiger partial charge is 0.108 e. The van der Waals surface area contributed by atoms with Gasteiger partial charge in [0.05, 0.1) is 6.10 Å². The Balaban J connectivity index is 1.60. The highest BCUT2D eigenvalue weighted by Crippen LogP contribution is 2.66. The molecule has 26 heavy (non-hydrogen) atoms. The van der Waals surface area contributed by atoms with E-state index in [4.69, 9.17) is 0 Å². The average molecular weight is 361 g/mol. The Morgan fingerprint density at radius 2 is 1.88 bits per heavy atom. The fourth-order valence-corrected chi connectivity index (χ4v) is 7.79. The number of hydrogen-bond donors (Lipinski definition) is 1. The zero-order valence-electron chi connectivity index (χ0n) is 16.9. The maximum absolute atomic E-state index is 12.6. The Bertz CT molecular complexity index is 595. The zero-order valence-corrected chi connectivity index (χ0v) is 16.9. The van der Waals surface area contributed by atoms with Crippen LogP contribution in [0.5, 0.6) is 0 Å². The molecule has 0 aliphatic heterocycles. The predicted octanol–water partition coefficient (Wildman–Crippen LogP) is 6.09. The standard InChI is InChI=1S/C24H37FO/c1-16(5-4-14-25)20-8-9-21-19-7-6-17-15-18(26)10-12-23(17,2)22(19)11-13-24(20,21)3/h4-5,7,16-18,20-22,26H,6,8-15H2,1-3H3/b5-4+/t16-,17?,18+,20?,21?,22?,23+,24-/m1/s1. The van der Waals surface area contributed by atoms with Crippen molar-refractivity contribution >= 4 is 0 Å². The maximum atomic E-state index is 12.6. The lowest BCUT2D eigenvalue weighted by Gasteiger charge is -2.57. The van der Waals surface area contributed by atoms with Crippen molar-refractivity contribution in [3.8, 4) is 0 Å². The van der Waals surface area contributed by atoms with E-state index in [9.17, 15) is 9.50 Å². The van der Waals surface area contributed by atoms with E-state index in [0.717, 1.165) is 24.7 Å². The first-order chi connectivity index (χ1) is 12.4. The summed E-state index contributed by atoms with van der Waals surface area (Å²) in [5, 5.41) is 10.2. The van der Waals surface area contributed by atoms with Crippen molar-refractivity contribution in [2.24, 2.45) is 40.4 Å². The summed E-state index contributed by atoms with van der Waals surface area (Å²) >= 11 is 0. The van der Waals surface area contributed by atoms with Gasteiger partial charge < -0.3 is 5.11 Å². The van der Waals surface area contributed by atoms with Crippen LogP contribution in [0, 0.1) is 40.4 Å². The average Bonchev–Trinajstić information content (AvgIpc) is 2.97. The first-order valence-electron chi connectivity index (χ1n) is 11.0. The largest absolute Gasteiger partial charge is 0.393 e. The van der Waals surface area contributed by atoms with Crippen molar-refractivity contribution in [3.63, 3.8) is 0 Å². The van der Waals surface area contributed by atoms with E-state index in [1.54, 1.807) is 11.6 Å². The molecule has 0 amide bonds. The molecule has 0 aromatic rings. The molecule has 4 unspecified atom stereocenters. The van der Waals surface area contributed by atoms with E-state index in [1.165, 1.54) is 38.5 Å². The van der Waals surface area contributed by atoms with Crippen LogP contribution >= 0.6 is 0 Å². The van der Waals surface area contributed by atoms with Gasteiger partial charge in [-0.25, -0.2) is 4.39 Å². The SMILES string of the molecule is C[C@H](/C=C/CF)C1CCC2C3=CCC4C[C@@H](O)CC[C@]4(C)C3CC[C@@]21C. The fourth-order valence-electron chi connectivity index (χ4n) is 7.79. The van der Waals surface area contributed by atoms with E-state index in [0.29, 0.717) is 28.6 Å². The third kappa shape index (κ3) is 2.74. The van der Waals surface area contributed by atoms with Crippen LogP contribution in [0.4, 0.5) is 4.39 Å². The van der Waals surface area contributed by atoms with Crippen LogP contribution in [0.2, 0.25) is 0 Å². The van der Waals surface area contributed by atoms with Crippen LogP contribution < -0.4 is 0 Å². The van der Waals surface area contributed by atoms with Crippen molar-refractivity contribution in [2.75, 3.05) is 6.67 Å². The number of rotatable bonds is 3. The van der Waals surface area contributed by atoms with Gasteiger partial charge in [-0.1, -0.05) is 44.6 Å². The number of alkyl halides is 1. The van der Waals surface area contributed by atoms with Gasteiger partial charge in [-0.2, -0.15) is 0 Å². The van der Waals surface area contributed by atoms with Crippen LogP contribution in [0.25, 0.3) is 0 Å². The number of fused-ring (bicyclic) bond motifs is 5. The number of allylic oxidation sites excluding steroid dienone is 4. The third-order valence-electron chi connectivity index (χ3n) is 9.29. The lowest BCUT2D eigenvalue weighted by atomic mass is 9.47. The minimum absolute atomic E-state index is 0.0733. The van der Waals surface area contributed by atoms with Gasteiger partial charge in [-0.15, -0.1) is 0 Å². The Morgan fingerprint density at radius 3 is 2.65 bits per heavy atom. The number of hydrogen-bond acceptors (Lipinski definition) is 1. The summed E-state index contributed by atoms with van der Waals surface area (Å²) in [6, 6.07) is 0. The number of halogens is 1. The lowest BCUT2D eigenvalue weighted by molar-refractivity contribution is -0.0414. The molecule has 0 bridgehead atoms. The molecule has 0 heterocycles. The summed E-state index contributed by atoms with van der Waals surface area (Å²) in [6.45, 7) is 7.02. The summed E-state index contributed by atoms with van der Waals surface area (Å²) in [7, 11) is 0. The quantitative estimate of drug-likeness (QED) is 0.604. The van der Waals surface area contributed by atoms with Gasteiger partial charge in [-0.05, 0) is 91.8 Å². The van der Waals surface area contributed by atoms with E-state index in [1.807, 2.05) is 0 Å². The first-order valence-corrected chi connectivity index (χ1v) is 11.0. The molecule has 4 aliphatic carbocycles. The third-order valence-corrected chi connectivity index (χ3v) is 9.29. The summed E-state index contributed by atoms with van der Waals surface area (Å²) in [4.78, 5) is 0.